The van der Waals surface area contributed by atoms with E-state index in [1.54, 1.807) is 0 Å². The smallest absolute Gasteiger partial charge is 0.238 e. The molecule has 1 saturated heterocycles. The molecule has 0 unspecified atom stereocenters. The van der Waals surface area contributed by atoms with Gasteiger partial charge < -0.3 is 5.32 Å². The van der Waals surface area contributed by atoms with Crippen molar-refractivity contribution < 1.29 is 16.8 Å². The molecule has 0 aliphatic carbocycles. The van der Waals surface area contributed by atoms with E-state index >= 15 is 0 Å². The molecule has 0 atom stereocenters. The van der Waals surface area contributed by atoms with Gasteiger partial charge in [0.2, 0.25) is 10.0 Å². The van der Waals surface area contributed by atoms with Crippen LogP contribution in [0.2, 0.25) is 5.02 Å². The zero-order valence-electron chi connectivity index (χ0n) is 10.5. The van der Waals surface area contributed by atoms with Crippen molar-refractivity contribution in [1.82, 2.24) is 0 Å². The molecule has 0 bridgehead atoms. The van der Waals surface area contributed by atoms with E-state index in [0.29, 0.717) is 23.6 Å². The predicted octanol–water partition coefficient (Wildman–Crippen LogP) is 0.976. The Bertz CT molecular complexity index is 702. The molecule has 0 amide bonds. The van der Waals surface area contributed by atoms with Gasteiger partial charge in [-0.1, -0.05) is 11.6 Å². The van der Waals surface area contributed by atoms with Gasteiger partial charge in [0.1, 0.15) is 9.84 Å². The second-order valence-electron chi connectivity index (χ2n) is 4.76. The fourth-order valence-corrected chi connectivity index (χ4v) is 4.25. The van der Waals surface area contributed by atoms with Gasteiger partial charge in [0.15, 0.2) is 0 Å². The number of nitrogens with one attached hydrogen (secondary N) is 1. The number of rotatable bonds is 3. The van der Waals surface area contributed by atoms with E-state index in [1.165, 1.54) is 18.2 Å². The van der Waals surface area contributed by atoms with Gasteiger partial charge >= 0.3 is 0 Å². The number of benzene rings is 1. The summed E-state index contributed by atoms with van der Waals surface area (Å²) < 4.78 is 45.3. The normalized spacial score (nSPS) is 19.7. The van der Waals surface area contributed by atoms with E-state index in [-0.39, 0.29) is 22.4 Å². The van der Waals surface area contributed by atoms with Crippen LogP contribution in [-0.4, -0.2) is 34.4 Å². The van der Waals surface area contributed by atoms with E-state index in [4.69, 9.17) is 16.7 Å². The van der Waals surface area contributed by atoms with Crippen molar-refractivity contribution >= 4 is 37.1 Å². The minimum absolute atomic E-state index is 0.0344. The average Bonchev–Trinajstić information content (AvgIpc) is 2.33. The van der Waals surface area contributed by atoms with Crippen molar-refractivity contribution in [2.75, 3.05) is 16.8 Å². The molecule has 6 nitrogen and oxygen atoms in total. The monoisotopic (exact) mass is 338 g/mol. The van der Waals surface area contributed by atoms with Crippen LogP contribution in [0.5, 0.6) is 0 Å². The largest absolute Gasteiger partial charge is 0.381 e. The lowest BCUT2D eigenvalue weighted by Gasteiger charge is -2.24. The summed E-state index contributed by atoms with van der Waals surface area (Å²) in [6, 6.07) is 4.09. The zero-order valence-corrected chi connectivity index (χ0v) is 12.9. The van der Waals surface area contributed by atoms with Crippen LogP contribution < -0.4 is 10.5 Å². The van der Waals surface area contributed by atoms with Crippen molar-refractivity contribution in [3.63, 3.8) is 0 Å². The van der Waals surface area contributed by atoms with Crippen molar-refractivity contribution in [3.8, 4) is 0 Å². The summed E-state index contributed by atoms with van der Waals surface area (Å²) in [7, 11) is -6.73. The van der Waals surface area contributed by atoms with Crippen LogP contribution in [-0.2, 0) is 19.9 Å². The average molecular weight is 339 g/mol. The molecule has 0 spiro atoms. The molecule has 1 aliphatic rings. The molecule has 1 aromatic carbocycles. The molecule has 1 heterocycles. The molecule has 0 saturated carbocycles. The number of nitrogens with two attached hydrogens (primary N) is 1. The third kappa shape index (κ3) is 3.85. The molecule has 20 heavy (non-hydrogen) atoms. The fourth-order valence-electron chi connectivity index (χ4n) is 2.05. The third-order valence-electron chi connectivity index (χ3n) is 3.18. The summed E-state index contributed by atoms with van der Waals surface area (Å²) in [5.74, 6) is 0.244. The molecule has 2 rings (SSSR count). The Kier molecular flexibility index (Phi) is 4.29. The fraction of sp³-hybridized carbons (Fsp3) is 0.455. The zero-order chi connectivity index (χ0) is 15.0. The highest BCUT2D eigenvalue weighted by Crippen LogP contribution is 2.27. The van der Waals surface area contributed by atoms with Gasteiger partial charge in [-0.15, -0.1) is 0 Å². The Morgan fingerprint density at radius 1 is 1.25 bits per heavy atom. The van der Waals surface area contributed by atoms with Gasteiger partial charge in [-0.2, -0.15) is 0 Å². The van der Waals surface area contributed by atoms with Crippen molar-refractivity contribution in [2.45, 2.75) is 23.8 Å². The molecular weight excluding hydrogens is 324 g/mol. The Morgan fingerprint density at radius 3 is 2.40 bits per heavy atom. The quantitative estimate of drug-likeness (QED) is 0.854. The highest BCUT2D eigenvalue weighted by molar-refractivity contribution is 7.91. The van der Waals surface area contributed by atoms with Gasteiger partial charge in [-0.05, 0) is 31.0 Å². The molecule has 1 aliphatic heterocycles. The Balaban J connectivity index is 2.18. The van der Waals surface area contributed by atoms with Crippen LogP contribution in [0.1, 0.15) is 12.8 Å². The van der Waals surface area contributed by atoms with Crippen molar-refractivity contribution in [1.29, 1.82) is 0 Å². The molecule has 3 N–H and O–H groups in total. The van der Waals surface area contributed by atoms with Crippen LogP contribution in [0.25, 0.3) is 0 Å². The molecule has 112 valence electrons. The van der Waals surface area contributed by atoms with Crippen LogP contribution in [0, 0.1) is 0 Å². The number of sulfonamides is 1. The third-order valence-corrected chi connectivity index (χ3v) is 6.14. The number of anilines is 1. The molecule has 0 aromatic heterocycles. The number of sulfone groups is 1. The standard InChI is InChI=1S/C11H15ClN2O4S2/c12-10-2-1-9(20(13,17)18)7-11(10)14-8-3-5-19(15,16)6-4-8/h1-2,7-8,14H,3-6H2,(H2,13,17,18). The van der Waals surface area contributed by atoms with E-state index in [9.17, 15) is 16.8 Å². The highest BCUT2D eigenvalue weighted by Gasteiger charge is 2.24. The highest BCUT2D eigenvalue weighted by atomic mass is 35.5. The van der Waals surface area contributed by atoms with Crippen LogP contribution in [0.3, 0.4) is 0 Å². The summed E-state index contributed by atoms with van der Waals surface area (Å²) in [6.45, 7) is 0. The first kappa shape index (κ1) is 15.6. The van der Waals surface area contributed by atoms with Crippen molar-refractivity contribution in [3.05, 3.63) is 23.2 Å². The molecule has 1 fully saturated rings. The number of hydrogen-bond donors (Lipinski definition) is 2. The van der Waals surface area contributed by atoms with E-state index in [2.05, 4.69) is 5.32 Å². The Labute approximate surface area is 123 Å². The van der Waals surface area contributed by atoms with E-state index in [0.717, 1.165) is 0 Å². The van der Waals surface area contributed by atoms with Gasteiger partial charge in [-0.25, -0.2) is 22.0 Å². The first-order chi connectivity index (χ1) is 9.17. The lowest BCUT2D eigenvalue weighted by molar-refractivity contribution is 0.559. The van der Waals surface area contributed by atoms with Crippen LogP contribution >= 0.6 is 11.6 Å². The number of halogens is 1. The maximum absolute atomic E-state index is 11.4. The SMILES string of the molecule is NS(=O)(=O)c1ccc(Cl)c(NC2CCS(=O)(=O)CC2)c1. The minimum atomic E-state index is -3.80. The maximum Gasteiger partial charge on any atom is 0.238 e. The van der Waals surface area contributed by atoms with Crippen molar-refractivity contribution in [2.24, 2.45) is 5.14 Å². The Hall–Kier alpha value is -0.830. The van der Waals surface area contributed by atoms with Crippen LogP contribution in [0.4, 0.5) is 5.69 Å². The summed E-state index contributed by atoms with van der Waals surface area (Å²) >= 11 is 6.01. The van der Waals surface area contributed by atoms with Crippen LogP contribution in [0.15, 0.2) is 23.1 Å². The summed E-state index contributed by atoms with van der Waals surface area (Å²) in [5, 5.41) is 8.52. The first-order valence-corrected chi connectivity index (χ1v) is 9.71. The molecule has 1 aromatic rings. The maximum atomic E-state index is 11.4. The summed E-state index contributed by atoms with van der Waals surface area (Å²) in [6.07, 6.45) is 0.941. The second kappa shape index (κ2) is 5.51. The lowest BCUT2D eigenvalue weighted by atomic mass is 10.1. The summed E-state index contributed by atoms with van der Waals surface area (Å²) in [4.78, 5) is -0.0344. The first-order valence-electron chi connectivity index (χ1n) is 5.97. The van der Waals surface area contributed by atoms with E-state index in [1.807, 2.05) is 0 Å². The minimum Gasteiger partial charge on any atom is -0.381 e. The van der Waals surface area contributed by atoms with E-state index < -0.39 is 19.9 Å². The molecule has 0 radical (unpaired) electrons. The lowest BCUT2D eigenvalue weighted by Crippen LogP contribution is -2.32. The summed E-state index contributed by atoms with van der Waals surface area (Å²) in [5.41, 5.74) is 0.447. The topological polar surface area (TPSA) is 106 Å². The number of hydrogen-bond acceptors (Lipinski definition) is 5. The molecular formula is C11H15ClN2O4S2. The predicted molar refractivity (Wildman–Crippen MR) is 78.1 cm³/mol. The van der Waals surface area contributed by atoms with Gasteiger partial charge in [0.05, 0.1) is 27.1 Å². The second-order valence-corrected chi connectivity index (χ2v) is 9.03. The van der Waals surface area contributed by atoms with Gasteiger partial charge in [0, 0.05) is 6.04 Å². The molecule has 9 heteroatoms. The van der Waals surface area contributed by atoms with Gasteiger partial charge in [-0.3, -0.25) is 0 Å². The Morgan fingerprint density at radius 2 is 1.85 bits per heavy atom. The number of primary sulfonamides is 1. The van der Waals surface area contributed by atoms with Gasteiger partial charge in [0.25, 0.3) is 0 Å².